The second-order valence-electron chi connectivity index (χ2n) is 7.24. The maximum absolute atomic E-state index is 13.5. The Bertz CT molecular complexity index is 1150. The molecule has 0 aliphatic carbocycles. The van der Waals surface area contributed by atoms with Crippen molar-refractivity contribution in [3.63, 3.8) is 0 Å². The fourth-order valence-corrected chi connectivity index (χ4v) is 3.40. The van der Waals surface area contributed by atoms with Gasteiger partial charge in [0.15, 0.2) is 0 Å². The van der Waals surface area contributed by atoms with Crippen molar-refractivity contribution in [2.75, 3.05) is 0 Å². The van der Waals surface area contributed by atoms with Gasteiger partial charge in [-0.15, -0.1) is 0 Å². The number of carbonyl (C=O) groups is 1. The lowest BCUT2D eigenvalue weighted by molar-refractivity contribution is -0.121. The Balaban J connectivity index is 1.60. The monoisotopic (exact) mass is 433 g/mol. The molecule has 2 heterocycles. The van der Waals surface area contributed by atoms with Gasteiger partial charge < -0.3 is 14.5 Å². The molecule has 0 radical (unpaired) electrons. The second kappa shape index (κ2) is 9.96. The van der Waals surface area contributed by atoms with Gasteiger partial charge in [0.05, 0.1) is 24.2 Å². The van der Waals surface area contributed by atoms with Gasteiger partial charge in [-0.05, 0) is 61.4 Å². The van der Waals surface area contributed by atoms with Crippen LogP contribution in [0.15, 0.2) is 77.4 Å². The van der Waals surface area contributed by atoms with Gasteiger partial charge in [0.2, 0.25) is 11.8 Å². The zero-order chi connectivity index (χ0) is 22.3. The van der Waals surface area contributed by atoms with Crippen LogP contribution in [0.5, 0.6) is 11.6 Å². The van der Waals surface area contributed by atoms with E-state index in [0.717, 1.165) is 11.3 Å². The molecule has 1 amide bonds. The Morgan fingerprint density at radius 3 is 2.56 bits per heavy atom. The maximum Gasteiger partial charge on any atom is 0.226 e. The summed E-state index contributed by atoms with van der Waals surface area (Å²) in [6.45, 7) is 2.35. The molecule has 0 saturated carbocycles. The zero-order valence-electron chi connectivity index (χ0n) is 17.8. The molecule has 6 nitrogen and oxygen atoms in total. The maximum atomic E-state index is 13.5. The van der Waals surface area contributed by atoms with Gasteiger partial charge in [0.1, 0.15) is 17.3 Å². The van der Waals surface area contributed by atoms with E-state index in [9.17, 15) is 9.18 Å². The van der Waals surface area contributed by atoms with Crippen LogP contribution in [-0.4, -0.2) is 15.7 Å². The molecule has 0 spiro atoms. The average Bonchev–Trinajstić information content (AvgIpc) is 3.45. The number of nitrogens with one attached hydrogen (secondary N) is 1. The van der Waals surface area contributed by atoms with Crippen LogP contribution in [0.1, 0.15) is 30.4 Å². The van der Waals surface area contributed by atoms with Crippen LogP contribution in [0, 0.1) is 5.82 Å². The van der Waals surface area contributed by atoms with E-state index in [0.29, 0.717) is 42.5 Å². The number of aromatic nitrogens is 2. The first-order valence-electron chi connectivity index (χ1n) is 10.5. The van der Waals surface area contributed by atoms with E-state index >= 15 is 0 Å². The predicted octanol–water partition coefficient (Wildman–Crippen LogP) is 5.21. The molecule has 0 fully saturated rings. The van der Waals surface area contributed by atoms with Crippen LogP contribution in [0.3, 0.4) is 0 Å². The van der Waals surface area contributed by atoms with Crippen LogP contribution in [0.25, 0.3) is 5.69 Å². The number of ether oxygens (including phenoxy) is 1. The summed E-state index contributed by atoms with van der Waals surface area (Å²) in [7, 11) is 0. The van der Waals surface area contributed by atoms with Crippen molar-refractivity contribution in [3.8, 4) is 17.3 Å². The molecule has 1 N–H and O–H groups in total. The molecule has 4 aromatic rings. The SMILES string of the molecule is CCc1nn(-c2ccc(F)cc2)c(Oc2ccccc2)c1CCC(=O)NCc1ccco1. The van der Waals surface area contributed by atoms with E-state index in [-0.39, 0.29) is 18.1 Å². The zero-order valence-corrected chi connectivity index (χ0v) is 17.8. The minimum absolute atomic E-state index is 0.0938. The van der Waals surface area contributed by atoms with Gasteiger partial charge >= 0.3 is 0 Å². The number of nitrogens with zero attached hydrogens (tertiary/aromatic N) is 2. The molecule has 0 bridgehead atoms. The lowest BCUT2D eigenvalue weighted by Gasteiger charge is -2.11. The molecule has 7 heteroatoms. The van der Waals surface area contributed by atoms with Crippen molar-refractivity contribution in [2.24, 2.45) is 0 Å². The van der Waals surface area contributed by atoms with Crippen molar-refractivity contribution in [1.82, 2.24) is 15.1 Å². The van der Waals surface area contributed by atoms with Gasteiger partial charge in [0, 0.05) is 12.0 Å². The molecular weight excluding hydrogens is 409 g/mol. The normalized spacial score (nSPS) is 10.8. The van der Waals surface area contributed by atoms with Gasteiger partial charge in [0.25, 0.3) is 0 Å². The summed E-state index contributed by atoms with van der Waals surface area (Å²) in [6.07, 6.45) is 2.97. The molecule has 0 aliphatic rings. The summed E-state index contributed by atoms with van der Waals surface area (Å²) in [6, 6.07) is 19.1. The number of carbonyl (C=O) groups excluding carboxylic acids is 1. The smallest absolute Gasteiger partial charge is 0.226 e. The summed E-state index contributed by atoms with van der Waals surface area (Å²) in [5, 5.41) is 7.58. The number of rotatable bonds is 9. The highest BCUT2D eigenvalue weighted by Crippen LogP contribution is 2.32. The molecule has 0 atom stereocenters. The van der Waals surface area contributed by atoms with Crippen LogP contribution in [0.2, 0.25) is 0 Å². The fourth-order valence-electron chi connectivity index (χ4n) is 3.40. The Kier molecular flexibility index (Phi) is 6.65. The Morgan fingerprint density at radius 2 is 1.88 bits per heavy atom. The standard InChI is InChI=1S/C25H24FN3O3/c1-2-23-22(14-15-24(30)27-17-21-9-6-16-31-21)25(32-20-7-4-3-5-8-20)29(28-23)19-12-10-18(26)11-13-19/h3-13,16H,2,14-15,17H2,1H3,(H,27,30). The van der Waals surface area contributed by atoms with Crippen LogP contribution < -0.4 is 10.1 Å². The van der Waals surface area contributed by atoms with E-state index < -0.39 is 0 Å². The summed E-state index contributed by atoms with van der Waals surface area (Å²) in [4.78, 5) is 12.4. The van der Waals surface area contributed by atoms with Crippen molar-refractivity contribution >= 4 is 5.91 Å². The first kappa shape index (κ1) is 21.4. The molecule has 164 valence electrons. The van der Waals surface area contributed by atoms with Crippen LogP contribution >= 0.6 is 0 Å². The number of hydrogen-bond donors (Lipinski definition) is 1. The third kappa shape index (κ3) is 5.06. The highest BCUT2D eigenvalue weighted by molar-refractivity contribution is 5.76. The highest BCUT2D eigenvalue weighted by atomic mass is 19.1. The Labute approximate surface area is 185 Å². The van der Waals surface area contributed by atoms with Gasteiger partial charge in [-0.2, -0.15) is 5.10 Å². The minimum atomic E-state index is -0.324. The summed E-state index contributed by atoms with van der Waals surface area (Å²) < 4.78 is 26.6. The summed E-state index contributed by atoms with van der Waals surface area (Å²) in [5.74, 6) is 1.46. The molecule has 4 rings (SSSR count). The lowest BCUT2D eigenvalue weighted by atomic mass is 10.1. The molecule has 0 unspecified atom stereocenters. The summed E-state index contributed by atoms with van der Waals surface area (Å²) >= 11 is 0. The molecular formula is C25H24FN3O3. The third-order valence-corrected chi connectivity index (χ3v) is 5.03. The van der Waals surface area contributed by atoms with E-state index in [1.54, 1.807) is 29.1 Å². The number of furan rings is 1. The van der Waals surface area contributed by atoms with Crippen LogP contribution in [0.4, 0.5) is 4.39 Å². The largest absolute Gasteiger partial charge is 0.467 e. The Morgan fingerprint density at radius 1 is 1.09 bits per heavy atom. The minimum Gasteiger partial charge on any atom is -0.467 e. The molecule has 2 aromatic carbocycles. The lowest BCUT2D eigenvalue weighted by Crippen LogP contribution is -2.22. The fraction of sp³-hybridized carbons (Fsp3) is 0.200. The third-order valence-electron chi connectivity index (χ3n) is 5.03. The van der Waals surface area contributed by atoms with Gasteiger partial charge in [-0.3, -0.25) is 4.79 Å². The van der Waals surface area contributed by atoms with Crippen molar-refractivity contribution < 1.29 is 18.3 Å². The molecule has 2 aromatic heterocycles. The number of hydrogen-bond acceptors (Lipinski definition) is 4. The van der Waals surface area contributed by atoms with Crippen molar-refractivity contribution in [2.45, 2.75) is 32.7 Å². The number of para-hydroxylation sites is 1. The van der Waals surface area contributed by atoms with E-state index in [2.05, 4.69) is 5.32 Å². The number of aryl methyl sites for hydroxylation is 1. The molecule has 0 aliphatic heterocycles. The summed E-state index contributed by atoms with van der Waals surface area (Å²) in [5.41, 5.74) is 2.37. The first-order valence-corrected chi connectivity index (χ1v) is 10.5. The topological polar surface area (TPSA) is 69.3 Å². The number of halogens is 1. The van der Waals surface area contributed by atoms with Gasteiger partial charge in [-0.25, -0.2) is 9.07 Å². The molecule has 0 saturated heterocycles. The van der Waals surface area contributed by atoms with Crippen molar-refractivity contribution in [3.05, 3.63) is 95.8 Å². The quantitative estimate of drug-likeness (QED) is 0.394. The second-order valence-corrected chi connectivity index (χ2v) is 7.24. The van der Waals surface area contributed by atoms with E-state index in [4.69, 9.17) is 14.3 Å². The highest BCUT2D eigenvalue weighted by Gasteiger charge is 2.21. The van der Waals surface area contributed by atoms with Crippen molar-refractivity contribution in [1.29, 1.82) is 0 Å². The van der Waals surface area contributed by atoms with E-state index in [1.807, 2.05) is 43.3 Å². The predicted molar refractivity (Wildman–Crippen MR) is 118 cm³/mol. The number of amides is 1. The average molecular weight is 433 g/mol. The Hall–Kier alpha value is -3.87. The van der Waals surface area contributed by atoms with E-state index in [1.165, 1.54) is 12.1 Å². The van der Waals surface area contributed by atoms with Crippen LogP contribution in [-0.2, 0) is 24.2 Å². The first-order chi connectivity index (χ1) is 15.6. The molecule has 32 heavy (non-hydrogen) atoms. The van der Waals surface area contributed by atoms with Gasteiger partial charge in [-0.1, -0.05) is 25.1 Å². The number of benzene rings is 2.